The van der Waals surface area contributed by atoms with Crippen LogP contribution >= 0.6 is 11.6 Å². The van der Waals surface area contributed by atoms with Gasteiger partial charge in [0.25, 0.3) is 0 Å². The molecule has 0 aromatic heterocycles. The molecule has 1 amide bonds. The third-order valence-electron chi connectivity index (χ3n) is 3.75. The van der Waals surface area contributed by atoms with Crippen molar-refractivity contribution in [1.82, 2.24) is 0 Å². The standard InChI is InChI=1S/C13H11ClF3NO2/c1-12(2)10-9(20-10)7-5-6(14)3-4-8(7)18(12)11(19)13(15,16)17/h3-5,9-10H,1-2H3. The van der Waals surface area contributed by atoms with Gasteiger partial charge in [0.2, 0.25) is 0 Å². The Bertz CT molecular complexity index is 600. The second-order valence-electron chi connectivity index (χ2n) is 5.47. The Morgan fingerprint density at radius 3 is 2.65 bits per heavy atom. The number of alkyl halides is 3. The normalized spacial score (nSPS) is 26.8. The quantitative estimate of drug-likeness (QED) is 0.688. The SMILES string of the molecule is CC1(C)C2OC2c2cc(Cl)ccc2N1C(=O)C(F)(F)F. The topological polar surface area (TPSA) is 32.8 Å². The van der Waals surface area contributed by atoms with Gasteiger partial charge in [0.1, 0.15) is 12.2 Å². The summed E-state index contributed by atoms with van der Waals surface area (Å²) < 4.78 is 43.9. The van der Waals surface area contributed by atoms with Gasteiger partial charge in [-0.1, -0.05) is 11.6 Å². The molecular formula is C13H11ClF3NO2. The summed E-state index contributed by atoms with van der Waals surface area (Å²) in [6, 6.07) is 4.45. The summed E-state index contributed by atoms with van der Waals surface area (Å²) in [4.78, 5) is 12.5. The van der Waals surface area contributed by atoms with E-state index in [1.165, 1.54) is 12.1 Å². The molecule has 1 aromatic carbocycles. The maximum atomic E-state index is 12.8. The first kappa shape index (κ1) is 13.7. The van der Waals surface area contributed by atoms with Crippen molar-refractivity contribution in [2.75, 3.05) is 4.90 Å². The summed E-state index contributed by atoms with van der Waals surface area (Å²) >= 11 is 5.87. The van der Waals surface area contributed by atoms with E-state index in [1.54, 1.807) is 19.9 Å². The van der Waals surface area contributed by atoms with Crippen LogP contribution in [0.15, 0.2) is 18.2 Å². The number of hydrogen-bond donors (Lipinski definition) is 0. The third kappa shape index (κ3) is 1.82. The van der Waals surface area contributed by atoms with Crippen LogP contribution in [0, 0.1) is 0 Å². The lowest BCUT2D eigenvalue weighted by atomic mass is 9.86. The first-order valence-electron chi connectivity index (χ1n) is 6.00. The first-order valence-corrected chi connectivity index (χ1v) is 6.38. The molecule has 1 saturated heterocycles. The summed E-state index contributed by atoms with van der Waals surface area (Å²) in [6.45, 7) is 3.14. The molecule has 3 nitrogen and oxygen atoms in total. The Morgan fingerprint density at radius 2 is 2.05 bits per heavy atom. The van der Waals surface area contributed by atoms with Crippen LogP contribution < -0.4 is 4.90 Å². The van der Waals surface area contributed by atoms with Crippen LogP contribution in [-0.4, -0.2) is 23.7 Å². The van der Waals surface area contributed by atoms with Crippen molar-refractivity contribution in [2.45, 2.75) is 37.8 Å². The number of carbonyl (C=O) groups is 1. The lowest BCUT2D eigenvalue weighted by Gasteiger charge is -2.41. The summed E-state index contributed by atoms with van der Waals surface area (Å²) in [5.41, 5.74) is -0.321. The Morgan fingerprint density at radius 1 is 1.40 bits per heavy atom. The Kier molecular flexibility index (Phi) is 2.66. The maximum Gasteiger partial charge on any atom is 0.471 e. The Labute approximate surface area is 118 Å². The van der Waals surface area contributed by atoms with Crippen molar-refractivity contribution in [2.24, 2.45) is 0 Å². The van der Waals surface area contributed by atoms with Gasteiger partial charge in [0.15, 0.2) is 0 Å². The number of nitrogens with zero attached hydrogens (tertiary/aromatic N) is 1. The van der Waals surface area contributed by atoms with E-state index >= 15 is 0 Å². The number of halogens is 4. The number of anilines is 1. The molecule has 0 bridgehead atoms. The van der Waals surface area contributed by atoms with Crippen molar-refractivity contribution < 1.29 is 22.7 Å². The number of benzene rings is 1. The van der Waals surface area contributed by atoms with E-state index in [0.29, 0.717) is 10.6 Å². The Balaban J connectivity index is 2.16. The molecule has 20 heavy (non-hydrogen) atoms. The van der Waals surface area contributed by atoms with Crippen LogP contribution in [0.2, 0.25) is 5.02 Å². The Hall–Kier alpha value is -1.27. The molecule has 1 aromatic rings. The van der Waals surface area contributed by atoms with Crippen LogP contribution in [0.25, 0.3) is 0 Å². The van der Waals surface area contributed by atoms with E-state index in [4.69, 9.17) is 16.3 Å². The monoisotopic (exact) mass is 305 g/mol. The zero-order chi connectivity index (χ0) is 14.9. The number of amides is 1. The van der Waals surface area contributed by atoms with Gasteiger partial charge >= 0.3 is 12.1 Å². The fourth-order valence-electron chi connectivity index (χ4n) is 2.78. The van der Waals surface area contributed by atoms with E-state index < -0.39 is 23.7 Å². The number of carbonyl (C=O) groups excluding carboxylic acids is 1. The summed E-state index contributed by atoms with van der Waals surface area (Å²) in [5.74, 6) is -1.89. The molecule has 2 aliphatic rings. The van der Waals surface area contributed by atoms with Crippen LogP contribution in [0.5, 0.6) is 0 Å². The van der Waals surface area contributed by atoms with Gasteiger partial charge in [-0.15, -0.1) is 0 Å². The minimum atomic E-state index is -4.93. The molecule has 0 saturated carbocycles. The molecule has 108 valence electrons. The van der Waals surface area contributed by atoms with E-state index in [1.807, 2.05) is 0 Å². The molecule has 0 radical (unpaired) electrons. The van der Waals surface area contributed by atoms with Crippen molar-refractivity contribution in [1.29, 1.82) is 0 Å². The van der Waals surface area contributed by atoms with E-state index in [-0.39, 0.29) is 11.8 Å². The van der Waals surface area contributed by atoms with Crippen molar-refractivity contribution >= 4 is 23.2 Å². The highest BCUT2D eigenvalue weighted by atomic mass is 35.5. The minimum absolute atomic E-state index is 0.209. The van der Waals surface area contributed by atoms with Gasteiger partial charge in [0.05, 0.1) is 11.2 Å². The molecule has 1 fully saturated rings. The van der Waals surface area contributed by atoms with Crippen molar-refractivity contribution in [3.63, 3.8) is 0 Å². The third-order valence-corrected chi connectivity index (χ3v) is 3.98. The largest absolute Gasteiger partial charge is 0.471 e. The zero-order valence-corrected chi connectivity index (χ0v) is 11.4. The van der Waals surface area contributed by atoms with Crippen LogP contribution in [0.1, 0.15) is 25.5 Å². The van der Waals surface area contributed by atoms with Gasteiger partial charge in [-0.2, -0.15) is 13.2 Å². The second-order valence-corrected chi connectivity index (χ2v) is 5.91. The molecule has 3 rings (SSSR count). The maximum absolute atomic E-state index is 12.8. The van der Waals surface area contributed by atoms with E-state index in [0.717, 1.165) is 4.90 Å². The van der Waals surface area contributed by atoms with Crippen LogP contribution in [0.4, 0.5) is 18.9 Å². The minimum Gasteiger partial charge on any atom is -0.362 e. The highest BCUT2D eigenvalue weighted by molar-refractivity contribution is 6.30. The summed E-state index contributed by atoms with van der Waals surface area (Å²) in [6.07, 6.45) is -5.67. The van der Waals surface area contributed by atoms with Crippen molar-refractivity contribution in [3.8, 4) is 0 Å². The van der Waals surface area contributed by atoms with Crippen molar-refractivity contribution in [3.05, 3.63) is 28.8 Å². The molecule has 0 N–H and O–H groups in total. The molecule has 2 unspecified atom stereocenters. The lowest BCUT2D eigenvalue weighted by molar-refractivity contribution is -0.171. The first-order chi connectivity index (χ1) is 9.14. The van der Waals surface area contributed by atoms with Gasteiger partial charge in [-0.05, 0) is 32.0 Å². The summed E-state index contributed by atoms with van der Waals surface area (Å²) in [7, 11) is 0. The fourth-order valence-corrected chi connectivity index (χ4v) is 2.96. The number of epoxide rings is 1. The van der Waals surface area contributed by atoms with E-state index in [2.05, 4.69) is 0 Å². The predicted octanol–water partition coefficient (Wildman–Crippen LogP) is 3.47. The predicted molar refractivity (Wildman–Crippen MR) is 66.7 cm³/mol. The average Bonchev–Trinajstić information content (AvgIpc) is 3.09. The molecule has 2 aliphatic heterocycles. The number of rotatable bonds is 0. The van der Waals surface area contributed by atoms with Gasteiger partial charge in [-0.25, -0.2) is 0 Å². The average molecular weight is 306 g/mol. The molecular weight excluding hydrogens is 295 g/mol. The molecule has 0 spiro atoms. The molecule has 7 heteroatoms. The van der Waals surface area contributed by atoms with E-state index in [9.17, 15) is 18.0 Å². The number of ether oxygens (including phenoxy) is 1. The van der Waals surface area contributed by atoms with Crippen LogP contribution in [-0.2, 0) is 9.53 Å². The fraction of sp³-hybridized carbons (Fsp3) is 0.462. The number of hydrogen-bond acceptors (Lipinski definition) is 2. The summed E-state index contributed by atoms with van der Waals surface area (Å²) in [5, 5.41) is 0.400. The highest BCUT2D eigenvalue weighted by Crippen LogP contribution is 2.56. The van der Waals surface area contributed by atoms with Gasteiger partial charge in [0, 0.05) is 10.6 Å². The zero-order valence-electron chi connectivity index (χ0n) is 10.7. The highest BCUT2D eigenvalue weighted by Gasteiger charge is 2.62. The van der Waals surface area contributed by atoms with Crippen LogP contribution in [0.3, 0.4) is 0 Å². The smallest absolute Gasteiger partial charge is 0.362 e. The van der Waals surface area contributed by atoms with Gasteiger partial charge < -0.3 is 4.74 Å². The van der Waals surface area contributed by atoms with Gasteiger partial charge in [-0.3, -0.25) is 9.69 Å². The molecule has 0 aliphatic carbocycles. The number of fused-ring (bicyclic) bond motifs is 3. The molecule has 2 heterocycles. The lowest BCUT2D eigenvalue weighted by Crippen LogP contribution is -2.57. The molecule has 2 atom stereocenters. The second kappa shape index (κ2) is 3.89.